The Hall–Kier alpha value is -1.69. The monoisotopic (exact) mass is 235 g/mol. The van der Waals surface area contributed by atoms with E-state index in [1.165, 1.54) is 6.33 Å². The van der Waals surface area contributed by atoms with Gasteiger partial charge in [-0.1, -0.05) is 6.92 Å². The summed E-state index contributed by atoms with van der Waals surface area (Å²) >= 11 is 0. The number of aliphatic hydroxyl groups excluding tert-OH is 1. The van der Waals surface area contributed by atoms with E-state index < -0.39 is 0 Å². The van der Waals surface area contributed by atoms with Gasteiger partial charge in [0, 0.05) is 12.7 Å². The minimum absolute atomic E-state index is 0.0444. The molecule has 0 aromatic carbocycles. The zero-order valence-electron chi connectivity index (χ0n) is 9.80. The highest BCUT2D eigenvalue weighted by Gasteiger charge is 2.32. The van der Waals surface area contributed by atoms with Crippen molar-refractivity contribution in [2.24, 2.45) is 11.7 Å². The van der Waals surface area contributed by atoms with Gasteiger partial charge >= 0.3 is 0 Å². The van der Waals surface area contributed by atoms with Crippen molar-refractivity contribution in [3.05, 3.63) is 18.1 Å². The maximum absolute atomic E-state index is 9.43. The molecule has 4 N–H and O–H groups in total. The van der Waals surface area contributed by atoms with E-state index in [9.17, 15) is 5.11 Å². The van der Waals surface area contributed by atoms with Crippen LogP contribution in [0.2, 0.25) is 0 Å². The molecule has 1 aromatic heterocycles. The van der Waals surface area contributed by atoms with E-state index in [2.05, 4.69) is 16.9 Å². The molecule has 1 aliphatic rings. The average Bonchev–Trinajstić information content (AvgIpc) is 2.70. The molecule has 1 aromatic rings. The van der Waals surface area contributed by atoms with Crippen LogP contribution in [0.4, 0.5) is 5.82 Å². The number of nitrogens with one attached hydrogen (secondary N) is 1. The fourth-order valence-electron chi connectivity index (χ4n) is 2.29. The van der Waals surface area contributed by atoms with Crippen molar-refractivity contribution in [3.8, 4) is 0 Å². The molecule has 0 spiro atoms. The van der Waals surface area contributed by atoms with Crippen molar-refractivity contribution >= 4 is 11.7 Å². The summed E-state index contributed by atoms with van der Waals surface area (Å²) in [5.41, 5.74) is 6.05. The van der Waals surface area contributed by atoms with Crippen molar-refractivity contribution in [2.75, 3.05) is 18.1 Å². The molecular formula is C11H17N5O. The first-order chi connectivity index (χ1) is 8.15. The smallest absolute Gasteiger partial charge is 0.143 e. The van der Waals surface area contributed by atoms with E-state index in [4.69, 9.17) is 11.1 Å². The Morgan fingerprint density at radius 3 is 3.12 bits per heavy atom. The molecule has 2 atom stereocenters. The Kier molecular flexibility index (Phi) is 3.23. The molecule has 92 valence electrons. The molecule has 6 nitrogen and oxygen atoms in total. The Balaban J connectivity index is 2.37. The number of amidine groups is 1. The first kappa shape index (κ1) is 11.8. The molecule has 6 heteroatoms. The maximum Gasteiger partial charge on any atom is 0.143 e. The maximum atomic E-state index is 9.43. The molecule has 1 saturated heterocycles. The highest BCUT2D eigenvalue weighted by molar-refractivity contribution is 5.99. The van der Waals surface area contributed by atoms with Crippen LogP contribution in [0.5, 0.6) is 0 Å². The van der Waals surface area contributed by atoms with E-state index in [0.717, 1.165) is 13.0 Å². The number of aliphatic hydroxyl groups is 1. The predicted molar refractivity (Wildman–Crippen MR) is 65.0 cm³/mol. The van der Waals surface area contributed by atoms with Crippen LogP contribution in [0, 0.1) is 11.3 Å². The van der Waals surface area contributed by atoms with E-state index in [1.807, 2.05) is 4.90 Å². The molecule has 0 radical (unpaired) electrons. The summed E-state index contributed by atoms with van der Waals surface area (Å²) in [4.78, 5) is 10.1. The molecule has 1 fully saturated rings. The van der Waals surface area contributed by atoms with E-state index in [-0.39, 0.29) is 18.5 Å². The van der Waals surface area contributed by atoms with Crippen LogP contribution >= 0.6 is 0 Å². The second kappa shape index (κ2) is 4.67. The first-order valence-corrected chi connectivity index (χ1v) is 5.67. The van der Waals surface area contributed by atoms with Crippen LogP contribution in [-0.4, -0.2) is 40.1 Å². The minimum Gasteiger partial charge on any atom is -0.394 e. The summed E-state index contributed by atoms with van der Waals surface area (Å²) in [5.74, 6) is 1.02. The quantitative estimate of drug-likeness (QED) is 0.504. The van der Waals surface area contributed by atoms with Gasteiger partial charge in [0.1, 0.15) is 18.0 Å². The molecule has 0 amide bonds. The van der Waals surface area contributed by atoms with Gasteiger partial charge < -0.3 is 15.7 Å². The summed E-state index contributed by atoms with van der Waals surface area (Å²) in [7, 11) is 0. The third kappa shape index (κ3) is 2.08. The molecule has 0 bridgehead atoms. The van der Waals surface area contributed by atoms with Crippen molar-refractivity contribution in [2.45, 2.75) is 19.4 Å². The van der Waals surface area contributed by atoms with Crippen molar-refractivity contribution in [1.29, 1.82) is 5.41 Å². The van der Waals surface area contributed by atoms with Crippen LogP contribution in [-0.2, 0) is 0 Å². The number of nitrogen functional groups attached to an aromatic ring is 1. The fraction of sp³-hybridized carbons (Fsp3) is 0.545. The van der Waals surface area contributed by atoms with Crippen molar-refractivity contribution < 1.29 is 5.11 Å². The lowest BCUT2D eigenvalue weighted by atomic mass is 10.0. The Bertz CT molecular complexity index is 422. The number of rotatable bonds is 3. The van der Waals surface area contributed by atoms with Crippen LogP contribution in [0.1, 0.15) is 18.9 Å². The van der Waals surface area contributed by atoms with E-state index in [1.54, 1.807) is 6.20 Å². The molecule has 2 rings (SSSR count). The van der Waals surface area contributed by atoms with Crippen LogP contribution < -0.4 is 10.6 Å². The molecule has 17 heavy (non-hydrogen) atoms. The van der Waals surface area contributed by atoms with Gasteiger partial charge in [-0.15, -0.1) is 0 Å². The van der Waals surface area contributed by atoms with Gasteiger partial charge in [-0.05, 0) is 12.3 Å². The minimum atomic E-state index is -0.0446. The largest absolute Gasteiger partial charge is 0.394 e. The lowest BCUT2D eigenvalue weighted by Crippen LogP contribution is -2.37. The number of nitrogens with zero attached hydrogens (tertiary/aromatic N) is 3. The zero-order valence-corrected chi connectivity index (χ0v) is 9.80. The molecular weight excluding hydrogens is 218 g/mol. The summed E-state index contributed by atoms with van der Waals surface area (Å²) in [6, 6.07) is 0.0444. The topological polar surface area (TPSA) is 99.1 Å². The Labute approximate surface area is 100.0 Å². The Morgan fingerprint density at radius 2 is 2.47 bits per heavy atom. The first-order valence-electron chi connectivity index (χ1n) is 5.67. The summed E-state index contributed by atoms with van der Waals surface area (Å²) < 4.78 is 0. The predicted octanol–water partition coefficient (Wildman–Crippen LogP) is -0.0322. The molecule has 0 aliphatic carbocycles. The van der Waals surface area contributed by atoms with Gasteiger partial charge in [0.2, 0.25) is 0 Å². The number of anilines is 1. The van der Waals surface area contributed by atoms with Crippen molar-refractivity contribution in [1.82, 2.24) is 9.97 Å². The summed E-state index contributed by atoms with van der Waals surface area (Å²) in [5, 5.41) is 16.9. The second-order valence-electron chi connectivity index (χ2n) is 4.38. The van der Waals surface area contributed by atoms with Gasteiger partial charge in [-0.25, -0.2) is 9.97 Å². The number of hydrogen-bond donors (Lipinski definition) is 3. The molecule has 0 saturated carbocycles. The number of aromatic nitrogens is 2. The van der Waals surface area contributed by atoms with Crippen LogP contribution in [0.15, 0.2) is 12.5 Å². The average molecular weight is 235 g/mol. The third-order valence-corrected chi connectivity index (χ3v) is 3.32. The SMILES string of the molecule is CC1CCN(c2ncncc2C(=N)N)C1CO. The standard InChI is InChI=1S/C11H17N5O/c1-7-2-3-16(9(7)5-17)11-8(10(12)13)4-14-6-15-11/h4,6-7,9,17H,2-3,5H2,1H3,(H3,12,13). The molecule has 1 aliphatic heterocycles. The fourth-order valence-corrected chi connectivity index (χ4v) is 2.29. The summed E-state index contributed by atoms with van der Waals surface area (Å²) in [6.45, 7) is 3.02. The van der Waals surface area contributed by atoms with Crippen LogP contribution in [0.3, 0.4) is 0 Å². The Morgan fingerprint density at radius 1 is 1.71 bits per heavy atom. The van der Waals surface area contributed by atoms with Crippen molar-refractivity contribution in [3.63, 3.8) is 0 Å². The second-order valence-corrected chi connectivity index (χ2v) is 4.38. The lowest BCUT2D eigenvalue weighted by molar-refractivity contribution is 0.244. The molecule has 2 heterocycles. The van der Waals surface area contributed by atoms with Gasteiger partial charge in [0.15, 0.2) is 0 Å². The van der Waals surface area contributed by atoms with E-state index >= 15 is 0 Å². The zero-order chi connectivity index (χ0) is 12.4. The van der Waals surface area contributed by atoms with Gasteiger partial charge in [0.05, 0.1) is 18.2 Å². The van der Waals surface area contributed by atoms with E-state index in [0.29, 0.717) is 17.3 Å². The highest BCUT2D eigenvalue weighted by atomic mass is 16.3. The highest BCUT2D eigenvalue weighted by Crippen LogP contribution is 2.29. The molecule has 2 unspecified atom stereocenters. The van der Waals surface area contributed by atoms with Gasteiger partial charge in [-0.3, -0.25) is 5.41 Å². The van der Waals surface area contributed by atoms with Gasteiger partial charge in [-0.2, -0.15) is 0 Å². The van der Waals surface area contributed by atoms with Gasteiger partial charge in [0.25, 0.3) is 0 Å². The lowest BCUT2D eigenvalue weighted by Gasteiger charge is -2.27. The van der Waals surface area contributed by atoms with Crippen LogP contribution in [0.25, 0.3) is 0 Å². The summed E-state index contributed by atoms with van der Waals surface area (Å²) in [6.07, 6.45) is 3.99. The normalized spacial score (nSPS) is 24.0. The number of nitrogens with two attached hydrogens (primary N) is 1. The number of hydrogen-bond acceptors (Lipinski definition) is 5. The third-order valence-electron chi connectivity index (χ3n) is 3.32.